The Morgan fingerprint density at radius 3 is 2.50 bits per heavy atom. The smallest absolute Gasteiger partial charge is 0.266 e. The average Bonchev–Trinajstić information content (AvgIpc) is 3.05. The van der Waals surface area contributed by atoms with Crippen LogP contribution in [0.4, 0.5) is 10.1 Å². The molecule has 0 aromatic heterocycles. The van der Waals surface area contributed by atoms with Gasteiger partial charge in [-0.1, -0.05) is 42.5 Å². The molecular formula is C24H23FN2O3S2. The van der Waals surface area contributed by atoms with Crippen LogP contribution in [0.3, 0.4) is 0 Å². The number of nitrogens with one attached hydrogen (secondary N) is 1. The molecule has 1 aliphatic carbocycles. The number of carbonyl (C=O) groups excluding carboxylic acids is 2. The Balaban J connectivity index is 1.36. The first-order valence-corrected chi connectivity index (χ1v) is 11.8. The lowest BCUT2D eigenvalue weighted by atomic mass is 9.98. The van der Waals surface area contributed by atoms with Gasteiger partial charge in [-0.3, -0.25) is 14.5 Å². The van der Waals surface area contributed by atoms with Crippen LogP contribution in [0.2, 0.25) is 0 Å². The van der Waals surface area contributed by atoms with Gasteiger partial charge < -0.3 is 10.1 Å². The Hall–Kier alpha value is -2.71. The van der Waals surface area contributed by atoms with E-state index in [1.165, 1.54) is 60.2 Å². The monoisotopic (exact) mass is 470 g/mol. The number of thiocarbonyl (C=S) groups is 1. The van der Waals surface area contributed by atoms with Gasteiger partial charge in [-0.15, -0.1) is 0 Å². The minimum absolute atomic E-state index is 0.201. The average molecular weight is 471 g/mol. The molecule has 1 N–H and O–H groups in total. The molecule has 2 amide bonds. The lowest BCUT2D eigenvalue weighted by Gasteiger charge is -2.22. The topological polar surface area (TPSA) is 58.6 Å². The zero-order valence-corrected chi connectivity index (χ0v) is 19.0. The molecule has 1 saturated heterocycles. The van der Waals surface area contributed by atoms with Crippen LogP contribution in [0.15, 0.2) is 53.4 Å². The highest BCUT2D eigenvalue weighted by Gasteiger charge is 2.33. The third-order valence-electron chi connectivity index (χ3n) is 5.34. The number of anilines is 1. The Kier molecular flexibility index (Phi) is 7.22. The number of halogens is 1. The van der Waals surface area contributed by atoms with Crippen LogP contribution in [0.5, 0.6) is 5.75 Å². The summed E-state index contributed by atoms with van der Waals surface area (Å²) in [5.74, 6) is -0.270. The maximum Gasteiger partial charge on any atom is 0.266 e. The fourth-order valence-corrected chi connectivity index (χ4v) is 4.94. The molecule has 5 nitrogen and oxygen atoms in total. The lowest BCUT2D eigenvalue weighted by molar-refractivity contribution is -0.126. The summed E-state index contributed by atoms with van der Waals surface area (Å²) < 4.78 is 19.4. The minimum Gasteiger partial charge on any atom is -0.490 e. The Morgan fingerprint density at radius 1 is 1.12 bits per heavy atom. The molecule has 2 fully saturated rings. The number of amides is 2. The van der Waals surface area contributed by atoms with Crippen LogP contribution in [0, 0.1) is 5.82 Å². The van der Waals surface area contributed by atoms with Crippen molar-refractivity contribution in [1.29, 1.82) is 0 Å². The third kappa shape index (κ3) is 5.75. The van der Waals surface area contributed by atoms with Crippen molar-refractivity contribution in [3.63, 3.8) is 0 Å². The second-order valence-corrected chi connectivity index (χ2v) is 9.45. The minimum atomic E-state index is -0.404. The van der Waals surface area contributed by atoms with E-state index in [0.29, 0.717) is 14.9 Å². The summed E-state index contributed by atoms with van der Waals surface area (Å²) >= 11 is 6.47. The Morgan fingerprint density at radius 2 is 1.81 bits per heavy atom. The van der Waals surface area contributed by atoms with Crippen molar-refractivity contribution in [1.82, 2.24) is 4.90 Å². The van der Waals surface area contributed by atoms with Crippen molar-refractivity contribution in [2.45, 2.75) is 38.2 Å². The molecule has 1 aliphatic heterocycles. The van der Waals surface area contributed by atoms with Crippen molar-refractivity contribution in [3.8, 4) is 5.75 Å². The van der Waals surface area contributed by atoms with Crippen LogP contribution < -0.4 is 10.1 Å². The van der Waals surface area contributed by atoms with Gasteiger partial charge in [0.15, 0.2) is 0 Å². The predicted molar refractivity (Wildman–Crippen MR) is 129 cm³/mol. The van der Waals surface area contributed by atoms with E-state index in [9.17, 15) is 14.0 Å². The maximum absolute atomic E-state index is 13.0. The standard InChI is InChI=1S/C24H23FN2O3S2/c25-17-8-10-18(11-9-17)26-22(28)15-27-23(29)21(32-24(27)31)14-16-6-12-20(13-7-16)30-19-4-2-1-3-5-19/h6-14,19H,1-5,15H2,(H,26,28)/b21-14-. The highest BCUT2D eigenvalue weighted by molar-refractivity contribution is 8.26. The highest BCUT2D eigenvalue weighted by atomic mass is 32.2. The van der Waals surface area contributed by atoms with E-state index in [-0.39, 0.29) is 18.6 Å². The molecule has 0 unspecified atom stereocenters. The van der Waals surface area contributed by atoms with E-state index in [2.05, 4.69) is 5.32 Å². The van der Waals surface area contributed by atoms with Gasteiger partial charge in [0.1, 0.15) is 22.4 Å². The van der Waals surface area contributed by atoms with Crippen LogP contribution >= 0.6 is 24.0 Å². The summed E-state index contributed by atoms with van der Waals surface area (Å²) in [6, 6.07) is 13.1. The molecule has 2 aromatic carbocycles. The van der Waals surface area contributed by atoms with Gasteiger partial charge in [0.2, 0.25) is 5.91 Å². The molecule has 2 aromatic rings. The second-order valence-electron chi connectivity index (χ2n) is 7.77. The number of rotatable bonds is 6. The molecule has 2 aliphatic rings. The first kappa shape index (κ1) is 22.5. The molecule has 1 heterocycles. The second kappa shape index (κ2) is 10.3. The Bertz CT molecular complexity index is 1030. The van der Waals surface area contributed by atoms with Crippen molar-refractivity contribution < 1.29 is 18.7 Å². The van der Waals surface area contributed by atoms with Crippen LogP contribution in [0.25, 0.3) is 6.08 Å². The lowest BCUT2D eigenvalue weighted by Crippen LogP contribution is -2.36. The summed E-state index contributed by atoms with van der Waals surface area (Å²) in [4.78, 5) is 26.8. The maximum atomic E-state index is 13.0. The van der Waals surface area contributed by atoms with Crippen molar-refractivity contribution in [2.75, 3.05) is 11.9 Å². The van der Waals surface area contributed by atoms with Gasteiger partial charge in [-0.05, 0) is 73.7 Å². The van der Waals surface area contributed by atoms with Crippen molar-refractivity contribution in [3.05, 3.63) is 64.8 Å². The van der Waals surface area contributed by atoms with E-state index >= 15 is 0 Å². The highest BCUT2D eigenvalue weighted by Crippen LogP contribution is 2.33. The predicted octanol–water partition coefficient (Wildman–Crippen LogP) is 5.38. The van der Waals surface area contributed by atoms with E-state index in [1.54, 1.807) is 6.08 Å². The quantitative estimate of drug-likeness (QED) is 0.454. The molecule has 1 saturated carbocycles. The van der Waals surface area contributed by atoms with Gasteiger partial charge in [-0.2, -0.15) is 0 Å². The normalized spacial score (nSPS) is 18.3. The molecule has 4 rings (SSSR count). The largest absolute Gasteiger partial charge is 0.490 e. The molecule has 32 heavy (non-hydrogen) atoms. The van der Waals surface area contributed by atoms with Gasteiger partial charge in [-0.25, -0.2) is 4.39 Å². The first-order chi connectivity index (χ1) is 15.5. The number of nitrogens with zero attached hydrogens (tertiary/aromatic N) is 1. The number of ether oxygens (including phenoxy) is 1. The summed E-state index contributed by atoms with van der Waals surface area (Å²) in [7, 11) is 0. The summed E-state index contributed by atoms with van der Waals surface area (Å²) in [5, 5.41) is 2.64. The van der Waals surface area contributed by atoms with E-state index in [0.717, 1.165) is 24.2 Å². The van der Waals surface area contributed by atoms with Crippen LogP contribution in [0.1, 0.15) is 37.7 Å². The van der Waals surface area contributed by atoms with Crippen LogP contribution in [-0.2, 0) is 9.59 Å². The molecule has 0 spiro atoms. The first-order valence-electron chi connectivity index (χ1n) is 10.6. The fourth-order valence-electron chi connectivity index (χ4n) is 3.68. The summed E-state index contributed by atoms with van der Waals surface area (Å²) in [6.45, 7) is -0.201. The SMILES string of the molecule is O=C(CN1C(=O)/C(=C/c2ccc(OC3CCCCC3)cc2)SC1=S)Nc1ccc(F)cc1. The zero-order chi connectivity index (χ0) is 22.5. The molecule has 166 valence electrons. The van der Waals surface area contributed by atoms with Crippen LogP contribution in [-0.4, -0.2) is 33.7 Å². The van der Waals surface area contributed by atoms with E-state index in [1.807, 2.05) is 24.3 Å². The molecule has 0 radical (unpaired) electrons. The molecule has 8 heteroatoms. The van der Waals surface area contributed by atoms with Gasteiger partial charge >= 0.3 is 0 Å². The van der Waals surface area contributed by atoms with Crippen molar-refractivity contribution >= 4 is 51.9 Å². The number of hydrogen-bond donors (Lipinski definition) is 1. The molecular weight excluding hydrogens is 447 g/mol. The summed E-state index contributed by atoms with van der Waals surface area (Å²) in [5.41, 5.74) is 1.31. The molecule has 0 atom stereocenters. The Labute approximate surface area is 196 Å². The number of carbonyl (C=O) groups is 2. The summed E-state index contributed by atoms with van der Waals surface area (Å²) in [6.07, 6.45) is 7.95. The fraction of sp³-hybridized carbons (Fsp3) is 0.292. The number of hydrogen-bond acceptors (Lipinski definition) is 5. The van der Waals surface area contributed by atoms with Gasteiger partial charge in [0.05, 0.1) is 11.0 Å². The van der Waals surface area contributed by atoms with Gasteiger partial charge in [0.25, 0.3) is 5.91 Å². The number of thioether (sulfide) groups is 1. The van der Waals surface area contributed by atoms with E-state index < -0.39 is 11.7 Å². The van der Waals surface area contributed by atoms with E-state index in [4.69, 9.17) is 17.0 Å². The number of benzene rings is 2. The molecule has 0 bridgehead atoms. The zero-order valence-electron chi connectivity index (χ0n) is 17.4. The van der Waals surface area contributed by atoms with Gasteiger partial charge in [0, 0.05) is 5.69 Å². The third-order valence-corrected chi connectivity index (χ3v) is 6.71. The van der Waals surface area contributed by atoms with Crippen molar-refractivity contribution in [2.24, 2.45) is 0 Å².